The van der Waals surface area contributed by atoms with Crippen LogP contribution in [0.1, 0.15) is 44.1 Å². The molecule has 1 aromatic heterocycles. The Labute approximate surface area is 165 Å². The first-order chi connectivity index (χ1) is 13.7. The van der Waals surface area contributed by atoms with Crippen molar-refractivity contribution >= 4 is 5.91 Å². The minimum Gasteiger partial charge on any atom is -0.343 e. The van der Waals surface area contributed by atoms with Crippen molar-refractivity contribution in [2.24, 2.45) is 5.92 Å². The number of aromatic nitrogens is 2. The number of halogens is 1. The zero-order chi connectivity index (χ0) is 19.3. The fourth-order valence-electron chi connectivity index (χ4n) is 4.55. The Morgan fingerprint density at radius 1 is 1.21 bits per heavy atom. The molecule has 0 aliphatic carbocycles. The number of rotatable bonds is 6. The van der Waals surface area contributed by atoms with E-state index in [0.717, 1.165) is 75.2 Å². The van der Waals surface area contributed by atoms with E-state index < -0.39 is 0 Å². The molecule has 1 unspecified atom stereocenters. The molecule has 5 nitrogen and oxygen atoms in total. The molecule has 0 saturated carbocycles. The van der Waals surface area contributed by atoms with Crippen LogP contribution in [0, 0.1) is 11.7 Å². The lowest BCUT2D eigenvalue weighted by Crippen LogP contribution is -2.36. The molecule has 4 rings (SSSR count). The van der Waals surface area contributed by atoms with Crippen molar-refractivity contribution < 1.29 is 9.18 Å². The summed E-state index contributed by atoms with van der Waals surface area (Å²) in [6.45, 7) is 4.77. The predicted octanol–water partition coefficient (Wildman–Crippen LogP) is 3.83. The average molecular weight is 384 g/mol. The van der Waals surface area contributed by atoms with Crippen molar-refractivity contribution in [2.75, 3.05) is 26.2 Å². The first-order valence-electron chi connectivity index (χ1n) is 10.5. The third kappa shape index (κ3) is 4.61. The second kappa shape index (κ2) is 8.86. The van der Waals surface area contributed by atoms with Crippen LogP contribution in [-0.2, 0) is 11.3 Å². The van der Waals surface area contributed by atoms with Crippen molar-refractivity contribution in [3.8, 4) is 11.3 Å². The Hall–Kier alpha value is -2.21. The lowest BCUT2D eigenvalue weighted by atomic mass is 9.92. The zero-order valence-corrected chi connectivity index (χ0v) is 16.4. The highest BCUT2D eigenvalue weighted by Crippen LogP contribution is 2.27. The van der Waals surface area contributed by atoms with Gasteiger partial charge in [-0.3, -0.25) is 14.8 Å². The molecule has 2 aliphatic rings. The van der Waals surface area contributed by atoms with Gasteiger partial charge in [0, 0.05) is 43.7 Å². The minimum absolute atomic E-state index is 0.237. The molecule has 0 bridgehead atoms. The van der Waals surface area contributed by atoms with Gasteiger partial charge in [-0.15, -0.1) is 0 Å². The van der Waals surface area contributed by atoms with Crippen molar-refractivity contribution in [2.45, 2.75) is 45.1 Å². The number of hydrogen-bond donors (Lipinski definition) is 1. The number of aromatic amines is 1. The Balaban J connectivity index is 1.33. The van der Waals surface area contributed by atoms with E-state index in [4.69, 9.17) is 0 Å². The molecular formula is C22H29FN4O. The van der Waals surface area contributed by atoms with Crippen LogP contribution < -0.4 is 0 Å². The standard InChI is InChI=1S/C22H29FN4O/c23-20-7-3-6-18(13-20)22-19(14-24-25-22)16-26-10-4-5-17(15-26)8-9-21(28)27-11-1-2-12-27/h3,6-7,13-14,17H,1-2,4-5,8-12,15-16H2,(H,24,25). The highest BCUT2D eigenvalue weighted by atomic mass is 19.1. The monoisotopic (exact) mass is 384 g/mol. The summed E-state index contributed by atoms with van der Waals surface area (Å²) in [5.74, 6) is 0.668. The van der Waals surface area contributed by atoms with Crippen LogP contribution >= 0.6 is 0 Å². The minimum atomic E-state index is -0.237. The number of carbonyl (C=O) groups is 1. The maximum absolute atomic E-state index is 13.6. The maximum atomic E-state index is 13.6. The molecule has 150 valence electrons. The molecule has 2 fully saturated rings. The van der Waals surface area contributed by atoms with Crippen LogP contribution in [0.3, 0.4) is 0 Å². The van der Waals surface area contributed by atoms with Gasteiger partial charge in [-0.25, -0.2) is 4.39 Å². The maximum Gasteiger partial charge on any atom is 0.222 e. The van der Waals surface area contributed by atoms with Crippen molar-refractivity contribution in [3.63, 3.8) is 0 Å². The predicted molar refractivity (Wildman–Crippen MR) is 107 cm³/mol. The van der Waals surface area contributed by atoms with E-state index in [0.29, 0.717) is 18.2 Å². The van der Waals surface area contributed by atoms with E-state index in [1.54, 1.807) is 12.1 Å². The van der Waals surface area contributed by atoms with E-state index in [9.17, 15) is 9.18 Å². The highest BCUT2D eigenvalue weighted by molar-refractivity contribution is 5.76. The van der Waals surface area contributed by atoms with Crippen LogP contribution in [0.2, 0.25) is 0 Å². The molecule has 2 saturated heterocycles. The van der Waals surface area contributed by atoms with Crippen molar-refractivity contribution in [1.82, 2.24) is 20.0 Å². The van der Waals surface area contributed by atoms with Crippen LogP contribution in [0.15, 0.2) is 30.5 Å². The summed E-state index contributed by atoms with van der Waals surface area (Å²) in [5, 5.41) is 7.22. The summed E-state index contributed by atoms with van der Waals surface area (Å²) in [5.41, 5.74) is 2.82. The fourth-order valence-corrected chi connectivity index (χ4v) is 4.55. The summed E-state index contributed by atoms with van der Waals surface area (Å²) in [6.07, 6.45) is 8.18. The SMILES string of the molecule is O=C(CCC1CCCN(Cc2cn[nH]c2-c2cccc(F)c2)C1)N1CCCC1. The molecule has 6 heteroatoms. The van der Waals surface area contributed by atoms with Crippen LogP contribution in [0.5, 0.6) is 0 Å². The molecule has 28 heavy (non-hydrogen) atoms. The van der Waals surface area contributed by atoms with Crippen molar-refractivity contribution in [3.05, 3.63) is 41.8 Å². The Kier molecular flexibility index (Phi) is 6.05. The summed E-state index contributed by atoms with van der Waals surface area (Å²) >= 11 is 0. The number of likely N-dealkylation sites (tertiary alicyclic amines) is 2. The number of H-pyrrole nitrogens is 1. The number of nitrogens with zero attached hydrogens (tertiary/aromatic N) is 3. The Bertz CT molecular complexity index is 799. The molecule has 3 heterocycles. The van der Waals surface area contributed by atoms with Crippen LogP contribution in [0.4, 0.5) is 4.39 Å². The number of carbonyl (C=O) groups excluding carboxylic acids is 1. The van der Waals surface area contributed by atoms with E-state index in [1.807, 2.05) is 17.2 Å². The largest absolute Gasteiger partial charge is 0.343 e. The molecule has 0 radical (unpaired) electrons. The van der Waals surface area contributed by atoms with Gasteiger partial charge in [-0.05, 0) is 56.7 Å². The molecule has 1 N–H and O–H groups in total. The lowest BCUT2D eigenvalue weighted by Gasteiger charge is -2.33. The van der Waals surface area contributed by atoms with E-state index in [1.165, 1.54) is 12.5 Å². The number of benzene rings is 1. The van der Waals surface area contributed by atoms with Crippen LogP contribution in [0.25, 0.3) is 11.3 Å². The quantitative estimate of drug-likeness (QED) is 0.824. The second-order valence-corrected chi connectivity index (χ2v) is 8.15. The number of piperidine rings is 1. The van der Waals surface area contributed by atoms with Crippen molar-refractivity contribution in [1.29, 1.82) is 0 Å². The molecular weight excluding hydrogens is 355 g/mol. The lowest BCUT2D eigenvalue weighted by molar-refractivity contribution is -0.130. The molecule has 2 aliphatic heterocycles. The number of amides is 1. The summed E-state index contributed by atoms with van der Waals surface area (Å²) in [6, 6.07) is 6.63. The zero-order valence-electron chi connectivity index (χ0n) is 16.4. The number of hydrogen-bond acceptors (Lipinski definition) is 3. The fraction of sp³-hybridized carbons (Fsp3) is 0.545. The highest BCUT2D eigenvalue weighted by Gasteiger charge is 2.24. The molecule has 1 atom stereocenters. The molecule has 1 amide bonds. The Morgan fingerprint density at radius 3 is 2.89 bits per heavy atom. The normalized spacial score (nSPS) is 20.6. The summed E-state index contributed by atoms with van der Waals surface area (Å²) < 4.78 is 13.6. The van der Waals surface area contributed by atoms with Crippen LogP contribution in [-0.4, -0.2) is 52.1 Å². The van der Waals surface area contributed by atoms with Gasteiger partial charge < -0.3 is 4.90 Å². The third-order valence-corrected chi connectivity index (χ3v) is 6.05. The topological polar surface area (TPSA) is 52.2 Å². The summed E-state index contributed by atoms with van der Waals surface area (Å²) in [7, 11) is 0. The van der Waals surface area contributed by atoms with Gasteiger partial charge in [0.05, 0.1) is 11.9 Å². The number of nitrogens with one attached hydrogen (secondary N) is 1. The Morgan fingerprint density at radius 2 is 2.07 bits per heavy atom. The smallest absolute Gasteiger partial charge is 0.222 e. The summed E-state index contributed by atoms with van der Waals surface area (Å²) in [4.78, 5) is 16.8. The van der Waals surface area contributed by atoms with E-state index in [2.05, 4.69) is 15.1 Å². The molecule has 1 aromatic carbocycles. The van der Waals surface area contributed by atoms with Gasteiger partial charge >= 0.3 is 0 Å². The van der Waals surface area contributed by atoms with Gasteiger partial charge in [-0.2, -0.15) is 5.10 Å². The first kappa shape index (κ1) is 19.1. The van der Waals surface area contributed by atoms with E-state index in [-0.39, 0.29) is 5.82 Å². The van der Waals surface area contributed by atoms with Gasteiger partial charge in [0.1, 0.15) is 5.82 Å². The van der Waals surface area contributed by atoms with Gasteiger partial charge in [0.15, 0.2) is 0 Å². The second-order valence-electron chi connectivity index (χ2n) is 8.15. The van der Waals surface area contributed by atoms with Gasteiger partial charge in [0.25, 0.3) is 0 Å². The molecule has 2 aromatic rings. The van der Waals surface area contributed by atoms with Gasteiger partial charge in [-0.1, -0.05) is 12.1 Å². The first-order valence-corrected chi connectivity index (χ1v) is 10.5. The average Bonchev–Trinajstić information content (AvgIpc) is 3.39. The third-order valence-electron chi connectivity index (χ3n) is 6.05. The van der Waals surface area contributed by atoms with Gasteiger partial charge in [0.2, 0.25) is 5.91 Å². The van der Waals surface area contributed by atoms with E-state index >= 15 is 0 Å². The molecule has 0 spiro atoms.